The highest BCUT2D eigenvalue weighted by Gasteiger charge is 2.12. The van der Waals surface area contributed by atoms with Gasteiger partial charge in [0, 0.05) is 18.8 Å². The minimum absolute atomic E-state index is 0.0106. The average Bonchev–Trinajstić information content (AvgIpc) is 2.42. The quantitative estimate of drug-likeness (QED) is 0.413. The van der Waals surface area contributed by atoms with Crippen LogP contribution in [0, 0.1) is 5.92 Å². The zero-order valence-electron chi connectivity index (χ0n) is 10.8. The number of para-hydroxylation sites is 1. The summed E-state index contributed by atoms with van der Waals surface area (Å²) in [5, 5.41) is 0. The van der Waals surface area contributed by atoms with E-state index < -0.39 is 0 Å². The fourth-order valence-corrected chi connectivity index (χ4v) is 2.28. The van der Waals surface area contributed by atoms with Gasteiger partial charge in [-0.3, -0.25) is 0 Å². The molecule has 1 unspecified atom stereocenters. The van der Waals surface area contributed by atoms with Crippen molar-refractivity contribution in [1.82, 2.24) is 0 Å². The van der Waals surface area contributed by atoms with E-state index in [-0.39, 0.29) is 12.7 Å². The maximum Gasteiger partial charge on any atom is 0.188 e. The molecule has 0 fully saturated rings. The molecular formula is C13H18O4S. The van der Waals surface area contributed by atoms with Gasteiger partial charge in [-0.15, -0.1) is 11.8 Å². The Hall–Kier alpha value is -1.20. The highest BCUT2D eigenvalue weighted by atomic mass is 32.2. The topological polar surface area (TPSA) is 44.8 Å². The van der Waals surface area contributed by atoms with E-state index >= 15 is 0 Å². The zero-order valence-corrected chi connectivity index (χ0v) is 11.7. The summed E-state index contributed by atoms with van der Waals surface area (Å²) in [4.78, 5) is 11.6. The van der Waals surface area contributed by atoms with E-state index in [0.29, 0.717) is 17.3 Å². The largest absolute Gasteiger partial charge is 0.493 e. The molecule has 1 aromatic rings. The standard InChI is InChI=1S/C13H18O4S/c1-10(7-14)8-18-12-6-4-5-11(16-3)13(12)17-9-15-2/h4-7,10H,8-9H2,1-3H3. The molecule has 0 aliphatic heterocycles. The van der Waals surface area contributed by atoms with Crippen molar-refractivity contribution < 1.29 is 19.0 Å². The molecular weight excluding hydrogens is 252 g/mol. The second-order valence-electron chi connectivity index (χ2n) is 3.76. The lowest BCUT2D eigenvalue weighted by atomic mass is 10.3. The molecule has 0 bridgehead atoms. The van der Waals surface area contributed by atoms with Gasteiger partial charge >= 0.3 is 0 Å². The zero-order chi connectivity index (χ0) is 13.4. The lowest BCUT2D eigenvalue weighted by molar-refractivity contribution is -0.110. The van der Waals surface area contributed by atoms with Gasteiger partial charge in [0.25, 0.3) is 0 Å². The fourth-order valence-electron chi connectivity index (χ4n) is 1.29. The second kappa shape index (κ2) is 8.00. The van der Waals surface area contributed by atoms with Crippen LogP contribution in [0.5, 0.6) is 11.5 Å². The van der Waals surface area contributed by atoms with Crippen LogP contribution in [0.25, 0.3) is 0 Å². The van der Waals surface area contributed by atoms with Gasteiger partial charge in [0.1, 0.15) is 6.29 Å². The smallest absolute Gasteiger partial charge is 0.188 e. The summed E-state index contributed by atoms with van der Waals surface area (Å²) in [6, 6.07) is 5.67. The van der Waals surface area contributed by atoms with E-state index in [1.807, 2.05) is 25.1 Å². The number of carbonyl (C=O) groups excluding carboxylic acids is 1. The molecule has 0 aromatic heterocycles. The van der Waals surface area contributed by atoms with Crippen LogP contribution in [0.2, 0.25) is 0 Å². The molecule has 0 saturated carbocycles. The molecule has 0 radical (unpaired) electrons. The summed E-state index contributed by atoms with van der Waals surface area (Å²) in [5.41, 5.74) is 0. The molecule has 1 atom stereocenters. The fraction of sp³-hybridized carbons (Fsp3) is 0.462. The van der Waals surface area contributed by atoms with Crippen molar-refractivity contribution in [3.05, 3.63) is 18.2 Å². The Bertz CT molecular complexity index is 381. The van der Waals surface area contributed by atoms with E-state index in [0.717, 1.165) is 11.2 Å². The van der Waals surface area contributed by atoms with Gasteiger partial charge in [-0.2, -0.15) is 0 Å². The third-order valence-electron chi connectivity index (χ3n) is 2.22. The monoisotopic (exact) mass is 270 g/mol. The second-order valence-corrected chi connectivity index (χ2v) is 4.82. The van der Waals surface area contributed by atoms with Crippen LogP contribution in [0.1, 0.15) is 6.92 Å². The lowest BCUT2D eigenvalue weighted by Crippen LogP contribution is -2.03. The normalized spacial score (nSPS) is 11.9. The number of thioether (sulfide) groups is 1. The number of hydrogen-bond acceptors (Lipinski definition) is 5. The summed E-state index contributed by atoms with van der Waals surface area (Å²) in [5.74, 6) is 2.04. The number of hydrogen-bond donors (Lipinski definition) is 0. The summed E-state index contributed by atoms with van der Waals surface area (Å²) >= 11 is 1.57. The van der Waals surface area contributed by atoms with E-state index in [1.54, 1.807) is 26.0 Å². The van der Waals surface area contributed by atoms with Crippen LogP contribution in [0.15, 0.2) is 23.1 Å². The SMILES string of the molecule is COCOc1c(OC)cccc1SCC(C)C=O. The van der Waals surface area contributed by atoms with E-state index in [4.69, 9.17) is 14.2 Å². The molecule has 0 N–H and O–H groups in total. The van der Waals surface area contributed by atoms with Crippen molar-refractivity contribution in [3.63, 3.8) is 0 Å². The predicted molar refractivity (Wildman–Crippen MR) is 71.5 cm³/mol. The molecule has 0 spiro atoms. The van der Waals surface area contributed by atoms with Gasteiger partial charge in [-0.05, 0) is 12.1 Å². The third-order valence-corrected chi connectivity index (χ3v) is 3.54. The maximum atomic E-state index is 10.6. The summed E-state index contributed by atoms with van der Waals surface area (Å²) in [6.07, 6.45) is 0.947. The van der Waals surface area contributed by atoms with Crippen molar-refractivity contribution in [2.24, 2.45) is 5.92 Å². The Morgan fingerprint density at radius 1 is 1.39 bits per heavy atom. The van der Waals surface area contributed by atoms with Gasteiger partial charge in [0.2, 0.25) is 0 Å². The van der Waals surface area contributed by atoms with Crippen molar-refractivity contribution >= 4 is 18.0 Å². The third kappa shape index (κ3) is 4.23. The van der Waals surface area contributed by atoms with Crippen molar-refractivity contribution in [2.45, 2.75) is 11.8 Å². The highest BCUT2D eigenvalue weighted by Crippen LogP contribution is 2.38. The van der Waals surface area contributed by atoms with Crippen LogP contribution in [-0.2, 0) is 9.53 Å². The number of benzene rings is 1. The Labute approximate surface area is 112 Å². The molecule has 0 amide bonds. The predicted octanol–water partition coefficient (Wildman–Crippen LogP) is 2.61. The van der Waals surface area contributed by atoms with Crippen LogP contribution < -0.4 is 9.47 Å². The molecule has 1 aromatic carbocycles. The molecule has 18 heavy (non-hydrogen) atoms. The van der Waals surface area contributed by atoms with Crippen LogP contribution in [-0.4, -0.2) is 33.1 Å². The molecule has 100 valence electrons. The van der Waals surface area contributed by atoms with E-state index in [1.165, 1.54) is 0 Å². The Morgan fingerprint density at radius 2 is 2.17 bits per heavy atom. The van der Waals surface area contributed by atoms with Gasteiger partial charge < -0.3 is 19.0 Å². The molecule has 0 aliphatic carbocycles. The van der Waals surface area contributed by atoms with Crippen LogP contribution >= 0.6 is 11.8 Å². The van der Waals surface area contributed by atoms with E-state index in [2.05, 4.69) is 0 Å². The number of rotatable bonds is 8. The number of carbonyl (C=O) groups is 1. The van der Waals surface area contributed by atoms with Crippen LogP contribution in [0.4, 0.5) is 0 Å². The van der Waals surface area contributed by atoms with Gasteiger partial charge in [-0.1, -0.05) is 13.0 Å². The molecule has 0 saturated heterocycles. The van der Waals surface area contributed by atoms with Gasteiger partial charge in [0.15, 0.2) is 18.3 Å². The minimum atomic E-state index is 0.0106. The summed E-state index contributed by atoms with van der Waals surface area (Å²) in [7, 11) is 3.16. The first-order valence-electron chi connectivity index (χ1n) is 5.59. The average molecular weight is 270 g/mol. The Kier molecular flexibility index (Phi) is 6.60. The van der Waals surface area contributed by atoms with Gasteiger partial charge in [0.05, 0.1) is 12.0 Å². The summed E-state index contributed by atoms with van der Waals surface area (Å²) < 4.78 is 15.7. The van der Waals surface area contributed by atoms with E-state index in [9.17, 15) is 4.79 Å². The lowest BCUT2D eigenvalue weighted by Gasteiger charge is -2.14. The van der Waals surface area contributed by atoms with Crippen LogP contribution in [0.3, 0.4) is 0 Å². The first-order valence-corrected chi connectivity index (χ1v) is 6.58. The number of aldehydes is 1. The van der Waals surface area contributed by atoms with Crippen molar-refractivity contribution in [2.75, 3.05) is 26.8 Å². The summed E-state index contributed by atoms with van der Waals surface area (Å²) in [6.45, 7) is 2.05. The number of methoxy groups -OCH3 is 2. The number of ether oxygens (including phenoxy) is 3. The first kappa shape index (κ1) is 14.9. The van der Waals surface area contributed by atoms with Gasteiger partial charge in [-0.25, -0.2) is 0 Å². The minimum Gasteiger partial charge on any atom is -0.493 e. The Balaban J connectivity index is 2.83. The maximum absolute atomic E-state index is 10.6. The molecule has 4 nitrogen and oxygen atoms in total. The first-order chi connectivity index (χ1) is 8.72. The molecule has 5 heteroatoms. The molecule has 0 aliphatic rings. The molecule has 0 heterocycles. The van der Waals surface area contributed by atoms with Crippen molar-refractivity contribution in [1.29, 1.82) is 0 Å². The molecule has 1 rings (SSSR count). The highest BCUT2D eigenvalue weighted by molar-refractivity contribution is 7.99. The Morgan fingerprint density at radius 3 is 2.78 bits per heavy atom. The van der Waals surface area contributed by atoms with Crippen molar-refractivity contribution in [3.8, 4) is 11.5 Å².